The SMILES string of the molecule is CCCCCC(O)/C=C/C1CCC(O)C1CCCCCCCC(=O)O. The molecule has 25 heavy (non-hydrogen) atoms. The highest BCUT2D eigenvalue weighted by atomic mass is 16.4. The number of aliphatic hydroxyl groups is 2. The van der Waals surface area contributed by atoms with Crippen molar-refractivity contribution in [3.05, 3.63) is 12.2 Å². The van der Waals surface area contributed by atoms with Gasteiger partial charge in [0.05, 0.1) is 12.2 Å². The van der Waals surface area contributed by atoms with Crippen LogP contribution < -0.4 is 0 Å². The van der Waals surface area contributed by atoms with Crippen molar-refractivity contribution in [3.63, 3.8) is 0 Å². The molecule has 4 nitrogen and oxygen atoms in total. The molecule has 0 heterocycles. The number of aliphatic hydroxyl groups excluding tert-OH is 2. The largest absolute Gasteiger partial charge is 0.481 e. The lowest BCUT2D eigenvalue weighted by molar-refractivity contribution is -0.137. The molecule has 0 aromatic carbocycles. The standard InChI is InChI=1S/C21H38O4/c1-2-3-7-10-18(22)15-13-17-14-16-20(23)19(17)11-8-5-4-6-9-12-21(24)25/h13,15,17-20,22-23H,2-12,14,16H2,1H3,(H,24,25)/b15-13+. The van der Waals surface area contributed by atoms with Crippen LogP contribution in [0.2, 0.25) is 0 Å². The first kappa shape index (κ1) is 22.2. The van der Waals surface area contributed by atoms with Gasteiger partial charge in [0.2, 0.25) is 0 Å². The number of aliphatic carboxylic acids is 1. The molecule has 1 aliphatic carbocycles. The van der Waals surface area contributed by atoms with Crippen molar-refractivity contribution in [2.45, 2.75) is 103 Å². The van der Waals surface area contributed by atoms with E-state index >= 15 is 0 Å². The van der Waals surface area contributed by atoms with E-state index in [4.69, 9.17) is 5.11 Å². The van der Waals surface area contributed by atoms with Gasteiger partial charge in [0.25, 0.3) is 0 Å². The molecular formula is C21H38O4. The number of carboxylic acids is 1. The highest BCUT2D eigenvalue weighted by Crippen LogP contribution is 2.36. The maximum Gasteiger partial charge on any atom is 0.303 e. The Morgan fingerprint density at radius 3 is 2.52 bits per heavy atom. The number of hydrogen-bond acceptors (Lipinski definition) is 3. The third-order valence-corrected chi connectivity index (χ3v) is 5.45. The quantitative estimate of drug-likeness (QED) is 0.312. The van der Waals surface area contributed by atoms with Gasteiger partial charge in [-0.05, 0) is 43.9 Å². The number of carbonyl (C=O) groups is 1. The Bertz CT molecular complexity index is 380. The van der Waals surface area contributed by atoms with Crippen molar-refractivity contribution in [1.29, 1.82) is 0 Å². The summed E-state index contributed by atoms with van der Waals surface area (Å²) < 4.78 is 0. The van der Waals surface area contributed by atoms with Crippen molar-refractivity contribution < 1.29 is 20.1 Å². The van der Waals surface area contributed by atoms with E-state index in [1.165, 1.54) is 12.8 Å². The number of carboxylic acid groups (broad SMARTS) is 1. The maximum atomic E-state index is 10.5. The molecule has 1 fully saturated rings. The van der Waals surface area contributed by atoms with Crippen LogP contribution in [0.3, 0.4) is 0 Å². The Balaban J connectivity index is 2.23. The molecule has 4 unspecified atom stereocenters. The fraction of sp³-hybridized carbons (Fsp3) is 0.857. The molecule has 0 saturated heterocycles. The van der Waals surface area contributed by atoms with Gasteiger partial charge in [0.15, 0.2) is 0 Å². The maximum absolute atomic E-state index is 10.5. The minimum Gasteiger partial charge on any atom is -0.481 e. The summed E-state index contributed by atoms with van der Waals surface area (Å²) >= 11 is 0. The van der Waals surface area contributed by atoms with Gasteiger partial charge in [-0.3, -0.25) is 4.79 Å². The highest BCUT2D eigenvalue weighted by Gasteiger charge is 2.32. The Morgan fingerprint density at radius 2 is 1.80 bits per heavy atom. The van der Waals surface area contributed by atoms with E-state index < -0.39 is 5.97 Å². The molecule has 0 aliphatic heterocycles. The molecule has 0 amide bonds. The van der Waals surface area contributed by atoms with Crippen molar-refractivity contribution in [2.24, 2.45) is 11.8 Å². The summed E-state index contributed by atoms with van der Waals surface area (Å²) in [6.45, 7) is 2.17. The predicted octanol–water partition coefficient (Wildman–Crippen LogP) is 4.69. The lowest BCUT2D eigenvalue weighted by Gasteiger charge is -2.20. The monoisotopic (exact) mass is 354 g/mol. The Kier molecular flexibility index (Phi) is 11.8. The minimum atomic E-state index is -0.708. The third kappa shape index (κ3) is 10.0. The van der Waals surface area contributed by atoms with E-state index in [0.717, 1.165) is 64.2 Å². The zero-order chi connectivity index (χ0) is 18.5. The summed E-state index contributed by atoms with van der Waals surface area (Å²) in [5, 5.41) is 28.9. The second-order valence-electron chi connectivity index (χ2n) is 7.62. The number of allylic oxidation sites excluding steroid dienone is 1. The lowest BCUT2D eigenvalue weighted by Crippen LogP contribution is -2.18. The van der Waals surface area contributed by atoms with Crippen LogP contribution in [-0.2, 0) is 4.79 Å². The third-order valence-electron chi connectivity index (χ3n) is 5.45. The minimum absolute atomic E-state index is 0.209. The molecule has 1 rings (SSSR count). The average Bonchev–Trinajstić information content (AvgIpc) is 2.92. The van der Waals surface area contributed by atoms with E-state index in [2.05, 4.69) is 13.0 Å². The molecule has 4 atom stereocenters. The molecule has 0 aromatic rings. The fourth-order valence-corrected chi connectivity index (χ4v) is 3.88. The molecule has 0 radical (unpaired) electrons. The molecule has 1 saturated carbocycles. The molecule has 0 aromatic heterocycles. The molecule has 0 spiro atoms. The summed E-state index contributed by atoms with van der Waals surface area (Å²) in [6, 6.07) is 0. The second-order valence-corrected chi connectivity index (χ2v) is 7.62. The molecule has 0 bridgehead atoms. The Hall–Kier alpha value is -0.870. The number of hydrogen-bond donors (Lipinski definition) is 3. The van der Waals surface area contributed by atoms with Gasteiger partial charge in [0.1, 0.15) is 0 Å². The Morgan fingerprint density at radius 1 is 1.08 bits per heavy atom. The van der Waals surface area contributed by atoms with Crippen molar-refractivity contribution in [3.8, 4) is 0 Å². The average molecular weight is 355 g/mol. The van der Waals surface area contributed by atoms with Gasteiger partial charge in [-0.15, -0.1) is 0 Å². The van der Waals surface area contributed by atoms with Crippen LogP contribution in [-0.4, -0.2) is 33.5 Å². The van der Waals surface area contributed by atoms with Crippen LogP contribution in [0.1, 0.15) is 90.4 Å². The zero-order valence-electron chi connectivity index (χ0n) is 15.9. The first-order chi connectivity index (χ1) is 12.0. The second kappa shape index (κ2) is 13.3. The van der Waals surface area contributed by atoms with Crippen LogP contribution in [0.15, 0.2) is 12.2 Å². The summed E-state index contributed by atoms with van der Waals surface area (Å²) in [4.78, 5) is 10.5. The smallest absolute Gasteiger partial charge is 0.303 e. The molecule has 4 heteroatoms. The van der Waals surface area contributed by atoms with Gasteiger partial charge < -0.3 is 15.3 Å². The van der Waals surface area contributed by atoms with Crippen LogP contribution in [0.5, 0.6) is 0 Å². The topological polar surface area (TPSA) is 77.8 Å². The van der Waals surface area contributed by atoms with Gasteiger partial charge in [-0.2, -0.15) is 0 Å². The van der Waals surface area contributed by atoms with E-state index in [1.54, 1.807) is 0 Å². The number of rotatable bonds is 14. The van der Waals surface area contributed by atoms with Crippen LogP contribution in [0.4, 0.5) is 0 Å². The highest BCUT2D eigenvalue weighted by molar-refractivity contribution is 5.66. The van der Waals surface area contributed by atoms with Crippen molar-refractivity contribution >= 4 is 5.97 Å². The summed E-state index contributed by atoms with van der Waals surface area (Å²) in [6.07, 6.45) is 16.0. The first-order valence-electron chi connectivity index (χ1n) is 10.3. The molecule has 1 aliphatic rings. The van der Waals surface area contributed by atoms with Crippen molar-refractivity contribution in [2.75, 3.05) is 0 Å². The van der Waals surface area contributed by atoms with Gasteiger partial charge >= 0.3 is 5.97 Å². The van der Waals surface area contributed by atoms with Crippen LogP contribution >= 0.6 is 0 Å². The summed E-state index contributed by atoms with van der Waals surface area (Å²) in [5.41, 5.74) is 0. The molecule has 3 N–H and O–H groups in total. The zero-order valence-corrected chi connectivity index (χ0v) is 15.9. The summed E-state index contributed by atoms with van der Waals surface area (Å²) in [7, 11) is 0. The number of unbranched alkanes of at least 4 members (excludes halogenated alkanes) is 6. The van der Waals surface area contributed by atoms with E-state index in [0.29, 0.717) is 11.8 Å². The molecular weight excluding hydrogens is 316 g/mol. The van der Waals surface area contributed by atoms with Crippen LogP contribution in [0.25, 0.3) is 0 Å². The van der Waals surface area contributed by atoms with Gasteiger partial charge in [-0.25, -0.2) is 0 Å². The predicted molar refractivity (Wildman–Crippen MR) is 101 cm³/mol. The normalized spacial score (nSPS) is 24.8. The Labute approximate surface area is 153 Å². The molecule has 146 valence electrons. The van der Waals surface area contributed by atoms with E-state index in [1.807, 2.05) is 6.08 Å². The van der Waals surface area contributed by atoms with E-state index in [9.17, 15) is 15.0 Å². The fourth-order valence-electron chi connectivity index (χ4n) is 3.88. The van der Waals surface area contributed by atoms with Gasteiger partial charge in [-0.1, -0.05) is 64.0 Å². The van der Waals surface area contributed by atoms with E-state index in [-0.39, 0.29) is 18.6 Å². The van der Waals surface area contributed by atoms with Crippen LogP contribution in [0, 0.1) is 11.8 Å². The van der Waals surface area contributed by atoms with Gasteiger partial charge in [0, 0.05) is 6.42 Å². The lowest BCUT2D eigenvalue weighted by atomic mass is 9.88. The summed E-state index contributed by atoms with van der Waals surface area (Å²) in [5.74, 6) is 0.00142. The van der Waals surface area contributed by atoms with Crippen molar-refractivity contribution in [1.82, 2.24) is 0 Å². The first-order valence-corrected chi connectivity index (χ1v) is 10.3.